The number of anilines is 2. The molecule has 1 aromatic heterocycles. The molecule has 2 aliphatic heterocycles. The predicted molar refractivity (Wildman–Crippen MR) is 128 cm³/mol. The lowest BCUT2D eigenvalue weighted by atomic mass is 9.96. The van der Waals surface area contributed by atoms with Gasteiger partial charge in [-0.15, -0.1) is 5.10 Å². The Morgan fingerprint density at radius 2 is 1.89 bits per heavy atom. The number of allylic oxidation sites excluding steroid dienone is 1. The minimum Gasteiger partial charge on any atom is -0.505 e. The van der Waals surface area contributed by atoms with Gasteiger partial charge in [0.2, 0.25) is 11.9 Å². The highest BCUT2D eigenvalue weighted by atomic mass is 79.9. The molecule has 0 amide bonds. The highest BCUT2D eigenvalue weighted by Crippen LogP contribution is 2.27. The van der Waals surface area contributed by atoms with Gasteiger partial charge in [0.15, 0.2) is 5.76 Å². The Balaban J connectivity index is 0.000000429. The predicted octanol–water partition coefficient (Wildman–Crippen LogP) is 4.02. The van der Waals surface area contributed by atoms with Gasteiger partial charge in [0.05, 0.1) is 12.7 Å². The van der Waals surface area contributed by atoms with Gasteiger partial charge in [-0.1, -0.05) is 34.6 Å². The number of alkyl halides is 4. The number of hydrogen-bond donors (Lipinski definition) is 3. The molecule has 0 radical (unpaired) electrons. The zero-order valence-electron chi connectivity index (χ0n) is 19.0. The van der Waals surface area contributed by atoms with Crippen LogP contribution in [0.25, 0.3) is 0 Å². The van der Waals surface area contributed by atoms with Crippen LogP contribution in [0.2, 0.25) is 0 Å². The number of aliphatic hydroxyl groups excluding tert-OH is 1. The average Bonchev–Trinajstić information content (AvgIpc) is 3.27. The first-order chi connectivity index (χ1) is 16.6. The zero-order chi connectivity index (χ0) is 25.6. The van der Waals surface area contributed by atoms with Gasteiger partial charge in [-0.05, 0) is 37.0 Å². The number of rotatable bonds is 5. The maximum absolute atomic E-state index is 13.3. The second kappa shape index (κ2) is 12.0. The lowest BCUT2D eigenvalue weighted by Crippen LogP contribution is -2.57. The van der Waals surface area contributed by atoms with Crippen molar-refractivity contribution >= 4 is 27.8 Å². The number of piperidine rings is 1. The number of nitrogens with zero attached hydrogens (tertiary/aromatic N) is 4. The van der Waals surface area contributed by atoms with Crippen LogP contribution in [0.5, 0.6) is 0 Å². The topological polar surface area (TPSA) is 104 Å². The summed E-state index contributed by atoms with van der Waals surface area (Å²) in [6.45, 7) is 4.78. The lowest BCUT2D eigenvalue weighted by Gasteiger charge is -2.46. The Bertz CT molecular complexity index is 950. The summed E-state index contributed by atoms with van der Waals surface area (Å²) in [4.78, 5) is 8.85. The Labute approximate surface area is 209 Å². The maximum Gasteiger partial charge on any atom is 0.448 e. The SMILES string of the molecule is C=C(O)C(F)(F)F.Nc1nc(N2CCC(N3CC(CF)OCC3Cc3ccc(Br)cc3)CC2)n[nH]1. The summed E-state index contributed by atoms with van der Waals surface area (Å²) in [5, 5.41) is 14.4. The van der Waals surface area contributed by atoms with E-state index in [0.29, 0.717) is 31.1 Å². The molecule has 2 fully saturated rings. The van der Waals surface area contributed by atoms with Gasteiger partial charge in [0.25, 0.3) is 0 Å². The van der Waals surface area contributed by atoms with E-state index in [1.54, 1.807) is 0 Å². The molecule has 0 saturated carbocycles. The van der Waals surface area contributed by atoms with Crippen molar-refractivity contribution in [3.8, 4) is 0 Å². The lowest BCUT2D eigenvalue weighted by molar-refractivity contribution is -0.119. The van der Waals surface area contributed by atoms with E-state index in [0.717, 1.165) is 36.8 Å². The summed E-state index contributed by atoms with van der Waals surface area (Å²) in [5.41, 5.74) is 6.92. The van der Waals surface area contributed by atoms with E-state index in [-0.39, 0.29) is 12.1 Å². The number of aliphatic hydroxyl groups is 1. The quantitative estimate of drug-likeness (QED) is 0.372. The highest BCUT2D eigenvalue weighted by molar-refractivity contribution is 9.10. The zero-order valence-corrected chi connectivity index (χ0v) is 20.6. The molecule has 4 N–H and O–H groups in total. The number of halogens is 5. The number of H-pyrrole nitrogens is 1. The molecule has 2 saturated heterocycles. The molecule has 2 aromatic rings. The van der Waals surface area contributed by atoms with E-state index >= 15 is 0 Å². The Kier molecular flexibility index (Phi) is 9.36. The first-order valence-corrected chi connectivity index (χ1v) is 11.9. The molecule has 2 unspecified atom stereocenters. The van der Waals surface area contributed by atoms with Crippen LogP contribution in [0.3, 0.4) is 0 Å². The van der Waals surface area contributed by atoms with Crippen molar-refractivity contribution < 1.29 is 27.4 Å². The molecule has 0 spiro atoms. The van der Waals surface area contributed by atoms with Gasteiger partial charge in [-0.25, -0.2) is 9.49 Å². The molecule has 13 heteroatoms. The van der Waals surface area contributed by atoms with Crippen molar-refractivity contribution in [1.82, 2.24) is 20.1 Å². The summed E-state index contributed by atoms with van der Waals surface area (Å²) < 4.78 is 52.6. The Morgan fingerprint density at radius 1 is 1.26 bits per heavy atom. The fourth-order valence-corrected chi connectivity index (χ4v) is 4.46. The highest BCUT2D eigenvalue weighted by Gasteiger charge is 2.36. The molecule has 4 rings (SSSR count). The molecule has 2 aliphatic rings. The summed E-state index contributed by atoms with van der Waals surface area (Å²) in [7, 11) is 0. The molecular weight excluding hydrogens is 536 g/mol. The summed E-state index contributed by atoms with van der Waals surface area (Å²) in [6, 6.07) is 9.08. The summed E-state index contributed by atoms with van der Waals surface area (Å²) in [5.74, 6) is -0.760. The monoisotopic (exact) mass is 564 g/mol. The van der Waals surface area contributed by atoms with Gasteiger partial charge in [0.1, 0.15) is 6.67 Å². The standard InChI is InChI=1S/C19H26BrFN6O.C3H3F3O/c20-14-3-1-13(2-4-14)9-16-12-28-17(10-21)11-27(16)15-5-7-26(8-6-15)19-23-18(22)24-25-19;1-2(7)3(4,5)6/h1-4,15-17H,5-12H2,(H3,22,23,24,25);7H,1H2. The number of hydrogen-bond acceptors (Lipinski definition) is 7. The number of benzene rings is 1. The van der Waals surface area contributed by atoms with E-state index in [1.165, 1.54) is 5.56 Å². The molecule has 8 nitrogen and oxygen atoms in total. The third kappa shape index (κ3) is 7.80. The van der Waals surface area contributed by atoms with Crippen molar-refractivity contribution in [2.24, 2.45) is 0 Å². The van der Waals surface area contributed by atoms with Crippen molar-refractivity contribution in [1.29, 1.82) is 0 Å². The molecule has 0 bridgehead atoms. The number of morpholine rings is 1. The minimum atomic E-state index is -4.64. The second-order valence-corrected chi connectivity index (χ2v) is 9.39. The van der Waals surface area contributed by atoms with E-state index in [4.69, 9.17) is 15.6 Å². The minimum absolute atomic E-state index is 0.264. The average molecular weight is 565 g/mol. The van der Waals surface area contributed by atoms with Gasteiger partial charge in [-0.2, -0.15) is 18.2 Å². The first-order valence-electron chi connectivity index (χ1n) is 11.1. The van der Waals surface area contributed by atoms with Crippen molar-refractivity contribution in [3.63, 3.8) is 0 Å². The van der Waals surface area contributed by atoms with Gasteiger partial charge >= 0.3 is 6.18 Å². The Hall–Kier alpha value is -2.38. The van der Waals surface area contributed by atoms with Crippen LogP contribution in [-0.2, 0) is 11.2 Å². The van der Waals surface area contributed by atoms with Crippen molar-refractivity contribution in [3.05, 3.63) is 46.6 Å². The third-order valence-corrected chi connectivity index (χ3v) is 6.53. The number of nitrogen functional groups attached to an aromatic ring is 1. The first kappa shape index (κ1) is 27.2. The molecule has 194 valence electrons. The van der Waals surface area contributed by atoms with Crippen molar-refractivity contribution in [2.45, 2.75) is 43.6 Å². The van der Waals surface area contributed by atoms with Crippen molar-refractivity contribution in [2.75, 3.05) is 43.5 Å². The molecular formula is C22H29BrF4N6O2. The smallest absolute Gasteiger partial charge is 0.448 e. The van der Waals surface area contributed by atoms with Crippen LogP contribution in [0.15, 0.2) is 41.1 Å². The van der Waals surface area contributed by atoms with Crippen LogP contribution in [0, 0.1) is 0 Å². The van der Waals surface area contributed by atoms with Gasteiger partial charge in [-0.3, -0.25) is 4.90 Å². The maximum atomic E-state index is 13.3. The number of aromatic nitrogens is 3. The molecule has 0 aliphatic carbocycles. The fourth-order valence-electron chi connectivity index (χ4n) is 4.19. The molecule has 35 heavy (non-hydrogen) atoms. The van der Waals surface area contributed by atoms with Crippen LogP contribution in [0.4, 0.5) is 29.5 Å². The third-order valence-electron chi connectivity index (χ3n) is 6.00. The summed E-state index contributed by atoms with van der Waals surface area (Å²) in [6.07, 6.45) is -2.08. The number of ether oxygens (including phenoxy) is 1. The number of nitrogens with two attached hydrogens (primary N) is 1. The number of aromatic amines is 1. The van der Waals surface area contributed by atoms with Crippen LogP contribution >= 0.6 is 15.9 Å². The molecule has 1 aromatic carbocycles. The summed E-state index contributed by atoms with van der Waals surface area (Å²) >= 11 is 3.49. The molecule has 3 heterocycles. The van der Waals surface area contributed by atoms with E-state index < -0.39 is 18.6 Å². The van der Waals surface area contributed by atoms with Crippen LogP contribution in [0.1, 0.15) is 18.4 Å². The number of nitrogens with one attached hydrogen (secondary N) is 1. The Morgan fingerprint density at radius 3 is 2.40 bits per heavy atom. The van der Waals surface area contributed by atoms with E-state index in [1.807, 2.05) is 0 Å². The van der Waals surface area contributed by atoms with Crippen LogP contribution < -0.4 is 10.6 Å². The normalized spacial score (nSPS) is 21.9. The largest absolute Gasteiger partial charge is 0.505 e. The fraction of sp³-hybridized carbons (Fsp3) is 0.545. The van der Waals surface area contributed by atoms with Gasteiger partial charge in [0, 0.05) is 36.2 Å². The van der Waals surface area contributed by atoms with Gasteiger partial charge < -0.3 is 20.5 Å². The van der Waals surface area contributed by atoms with E-state index in [2.05, 4.69) is 71.8 Å². The molecule has 2 atom stereocenters. The van der Waals surface area contributed by atoms with Crippen LogP contribution in [-0.4, -0.2) is 82.5 Å². The second-order valence-electron chi connectivity index (χ2n) is 8.47. The van der Waals surface area contributed by atoms with E-state index in [9.17, 15) is 17.6 Å².